The molecule has 1 aromatic heterocycles. The number of hydrogen-bond donors (Lipinski definition) is 1. The predicted molar refractivity (Wildman–Crippen MR) is 142 cm³/mol. The van der Waals surface area contributed by atoms with Crippen LogP contribution in [0.3, 0.4) is 0 Å². The molecule has 1 unspecified atom stereocenters. The molecule has 0 radical (unpaired) electrons. The van der Waals surface area contributed by atoms with Crippen LogP contribution >= 0.6 is 11.6 Å². The Hall–Kier alpha value is -4.10. The number of amides is 1. The Labute approximate surface area is 220 Å². The van der Waals surface area contributed by atoms with Crippen molar-refractivity contribution in [3.05, 3.63) is 94.6 Å². The summed E-state index contributed by atoms with van der Waals surface area (Å²) in [4.78, 5) is 24.3. The molecule has 1 N–H and O–H groups in total. The lowest BCUT2D eigenvalue weighted by Crippen LogP contribution is -2.17. The standard InChI is InChI=1S/C29H27ClN2O5/c1-4-35-26(33)17-20-9-11-21(12-10-20)22-13-15-23(16-14-22)28-27(18(2)32-37-28)31-29(34)36-19(3)24-7-5-6-8-25(24)30/h5-16,19H,4,17H2,1-3H3,(H,31,34). The second-order valence-corrected chi connectivity index (χ2v) is 8.83. The molecule has 0 aliphatic heterocycles. The van der Waals surface area contributed by atoms with Crippen LogP contribution < -0.4 is 5.32 Å². The largest absolute Gasteiger partial charge is 0.466 e. The van der Waals surface area contributed by atoms with E-state index in [2.05, 4.69) is 10.5 Å². The third-order valence-corrected chi connectivity index (χ3v) is 6.15. The van der Waals surface area contributed by atoms with E-state index in [4.69, 9.17) is 25.6 Å². The summed E-state index contributed by atoms with van der Waals surface area (Å²) in [5.41, 5.74) is 5.31. The van der Waals surface area contributed by atoms with Gasteiger partial charge in [-0.3, -0.25) is 10.1 Å². The number of benzene rings is 3. The molecule has 0 aliphatic carbocycles. The molecule has 1 atom stereocenters. The van der Waals surface area contributed by atoms with E-state index >= 15 is 0 Å². The van der Waals surface area contributed by atoms with Gasteiger partial charge in [0.25, 0.3) is 0 Å². The lowest BCUT2D eigenvalue weighted by molar-refractivity contribution is -0.142. The molecule has 0 bridgehead atoms. The van der Waals surface area contributed by atoms with Crippen molar-refractivity contribution in [1.29, 1.82) is 0 Å². The lowest BCUT2D eigenvalue weighted by Gasteiger charge is -2.15. The molecule has 1 amide bonds. The first kappa shape index (κ1) is 26.0. The number of hydrogen-bond acceptors (Lipinski definition) is 6. The molecule has 3 aromatic carbocycles. The minimum atomic E-state index is -0.639. The summed E-state index contributed by atoms with van der Waals surface area (Å²) in [7, 11) is 0. The van der Waals surface area contributed by atoms with E-state index in [0.29, 0.717) is 34.3 Å². The van der Waals surface area contributed by atoms with Gasteiger partial charge in [-0.2, -0.15) is 0 Å². The average Bonchev–Trinajstić information content (AvgIpc) is 3.24. The first-order valence-corrected chi connectivity index (χ1v) is 12.3. The van der Waals surface area contributed by atoms with Gasteiger partial charge in [-0.05, 0) is 43.5 Å². The molecule has 190 valence electrons. The van der Waals surface area contributed by atoms with Gasteiger partial charge >= 0.3 is 12.1 Å². The minimum Gasteiger partial charge on any atom is -0.466 e. The van der Waals surface area contributed by atoms with Crippen molar-refractivity contribution >= 4 is 29.4 Å². The van der Waals surface area contributed by atoms with Crippen molar-refractivity contribution in [3.8, 4) is 22.5 Å². The van der Waals surface area contributed by atoms with E-state index in [1.54, 1.807) is 26.8 Å². The van der Waals surface area contributed by atoms with Gasteiger partial charge in [0, 0.05) is 16.1 Å². The maximum Gasteiger partial charge on any atom is 0.412 e. The molecule has 4 rings (SSSR count). The van der Waals surface area contributed by atoms with Crippen LogP contribution in [-0.4, -0.2) is 23.8 Å². The highest BCUT2D eigenvalue weighted by molar-refractivity contribution is 6.31. The SMILES string of the molecule is CCOC(=O)Cc1ccc(-c2ccc(-c3onc(C)c3NC(=O)OC(C)c3ccccc3Cl)cc2)cc1. The zero-order valence-electron chi connectivity index (χ0n) is 20.8. The van der Waals surface area contributed by atoms with E-state index < -0.39 is 12.2 Å². The zero-order chi connectivity index (χ0) is 26.4. The highest BCUT2D eigenvalue weighted by atomic mass is 35.5. The molecular weight excluding hydrogens is 492 g/mol. The summed E-state index contributed by atoms with van der Waals surface area (Å²) < 4.78 is 16.1. The molecule has 7 nitrogen and oxygen atoms in total. The van der Waals surface area contributed by atoms with Gasteiger partial charge in [-0.1, -0.05) is 83.5 Å². The summed E-state index contributed by atoms with van der Waals surface area (Å²) >= 11 is 6.22. The number of aryl methyl sites for hydroxylation is 1. The Bertz CT molecular complexity index is 1380. The van der Waals surface area contributed by atoms with Crippen molar-refractivity contribution in [2.24, 2.45) is 0 Å². The monoisotopic (exact) mass is 518 g/mol. The van der Waals surface area contributed by atoms with E-state index in [-0.39, 0.29) is 12.4 Å². The number of nitrogens with one attached hydrogen (secondary N) is 1. The fraction of sp³-hybridized carbons (Fsp3) is 0.207. The minimum absolute atomic E-state index is 0.242. The van der Waals surface area contributed by atoms with Crippen molar-refractivity contribution in [1.82, 2.24) is 5.16 Å². The van der Waals surface area contributed by atoms with E-state index in [1.807, 2.05) is 66.7 Å². The molecule has 0 saturated carbocycles. The Kier molecular flexibility index (Phi) is 8.25. The molecular formula is C29H27ClN2O5. The molecule has 0 aliphatic rings. The third kappa shape index (κ3) is 6.37. The van der Waals surface area contributed by atoms with Gasteiger partial charge in [0.1, 0.15) is 17.5 Å². The Balaban J connectivity index is 1.45. The van der Waals surface area contributed by atoms with Crippen molar-refractivity contribution < 1.29 is 23.6 Å². The van der Waals surface area contributed by atoms with Crippen LogP contribution in [0, 0.1) is 6.92 Å². The summed E-state index contributed by atoms with van der Waals surface area (Å²) in [6, 6.07) is 22.7. The normalized spacial score (nSPS) is 11.6. The molecule has 0 saturated heterocycles. The maximum absolute atomic E-state index is 12.6. The smallest absolute Gasteiger partial charge is 0.412 e. The molecule has 0 fully saturated rings. The molecule has 1 heterocycles. The first-order chi connectivity index (χ1) is 17.9. The van der Waals surface area contributed by atoms with Gasteiger partial charge in [0.15, 0.2) is 5.76 Å². The number of esters is 1. The van der Waals surface area contributed by atoms with E-state index in [1.165, 1.54) is 0 Å². The number of carbonyl (C=O) groups excluding carboxylic acids is 2. The first-order valence-electron chi connectivity index (χ1n) is 11.9. The second kappa shape index (κ2) is 11.8. The second-order valence-electron chi connectivity index (χ2n) is 8.42. The number of carbonyl (C=O) groups is 2. The summed E-state index contributed by atoms with van der Waals surface area (Å²) in [6.45, 7) is 5.66. The quantitative estimate of drug-likeness (QED) is 0.245. The number of nitrogens with zero attached hydrogens (tertiary/aromatic N) is 1. The number of anilines is 1. The van der Waals surface area contributed by atoms with Gasteiger partial charge in [0.2, 0.25) is 0 Å². The van der Waals surface area contributed by atoms with Gasteiger partial charge in [-0.25, -0.2) is 4.79 Å². The highest BCUT2D eigenvalue weighted by Gasteiger charge is 2.20. The van der Waals surface area contributed by atoms with Gasteiger partial charge in [-0.15, -0.1) is 0 Å². The van der Waals surface area contributed by atoms with E-state index in [9.17, 15) is 9.59 Å². The van der Waals surface area contributed by atoms with E-state index in [0.717, 1.165) is 22.3 Å². The van der Waals surface area contributed by atoms with Crippen LogP contribution in [0.25, 0.3) is 22.5 Å². The summed E-state index contributed by atoms with van der Waals surface area (Å²) in [5.74, 6) is 0.185. The summed E-state index contributed by atoms with van der Waals surface area (Å²) in [6.07, 6.45) is -0.937. The van der Waals surface area contributed by atoms with Crippen LogP contribution in [0.15, 0.2) is 77.3 Å². The average molecular weight is 519 g/mol. The molecule has 0 spiro atoms. The predicted octanol–water partition coefficient (Wildman–Crippen LogP) is 7.39. The highest BCUT2D eigenvalue weighted by Crippen LogP contribution is 2.33. The molecule has 4 aromatic rings. The van der Waals surface area contributed by atoms with Crippen LogP contribution in [0.5, 0.6) is 0 Å². The number of aromatic nitrogens is 1. The maximum atomic E-state index is 12.6. The number of ether oxygens (including phenoxy) is 2. The topological polar surface area (TPSA) is 90.7 Å². The van der Waals surface area contributed by atoms with Crippen LogP contribution in [0.4, 0.5) is 10.5 Å². The number of rotatable bonds is 8. The fourth-order valence-corrected chi connectivity index (χ4v) is 4.17. The van der Waals surface area contributed by atoms with Crippen LogP contribution in [0.2, 0.25) is 5.02 Å². The van der Waals surface area contributed by atoms with Crippen molar-refractivity contribution in [2.45, 2.75) is 33.3 Å². The lowest BCUT2D eigenvalue weighted by atomic mass is 10.0. The summed E-state index contributed by atoms with van der Waals surface area (Å²) in [5, 5.41) is 7.30. The molecule has 8 heteroatoms. The number of halogens is 1. The Morgan fingerprint density at radius 2 is 1.59 bits per heavy atom. The third-order valence-electron chi connectivity index (χ3n) is 5.80. The van der Waals surface area contributed by atoms with Crippen molar-refractivity contribution in [3.63, 3.8) is 0 Å². The van der Waals surface area contributed by atoms with Gasteiger partial charge in [0.05, 0.1) is 13.0 Å². The zero-order valence-corrected chi connectivity index (χ0v) is 21.5. The van der Waals surface area contributed by atoms with Gasteiger partial charge < -0.3 is 14.0 Å². The Morgan fingerprint density at radius 1 is 0.973 bits per heavy atom. The Morgan fingerprint density at radius 3 is 2.24 bits per heavy atom. The van der Waals surface area contributed by atoms with Crippen LogP contribution in [-0.2, 0) is 20.7 Å². The molecule has 37 heavy (non-hydrogen) atoms. The van der Waals surface area contributed by atoms with Crippen molar-refractivity contribution in [2.75, 3.05) is 11.9 Å². The van der Waals surface area contributed by atoms with Crippen LogP contribution in [0.1, 0.15) is 36.8 Å². The fourth-order valence-electron chi connectivity index (χ4n) is 3.88.